The summed E-state index contributed by atoms with van der Waals surface area (Å²) in [5.41, 5.74) is 7.38. The Balaban J connectivity index is 2.26. The van der Waals surface area contributed by atoms with Crippen LogP contribution in [0.4, 0.5) is 5.69 Å². The van der Waals surface area contributed by atoms with Crippen LogP contribution in [-0.4, -0.2) is 19.0 Å². The minimum Gasteiger partial charge on any atom is -0.398 e. The summed E-state index contributed by atoms with van der Waals surface area (Å²) in [6.45, 7) is 5.93. The molecular formula is C13H18N4OS. The maximum Gasteiger partial charge on any atom is 0.140 e. The van der Waals surface area contributed by atoms with Crippen molar-refractivity contribution < 1.29 is 4.21 Å². The lowest BCUT2D eigenvalue weighted by atomic mass is 10.2. The van der Waals surface area contributed by atoms with Crippen LogP contribution < -0.4 is 5.73 Å². The summed E-state index contributed by atoms with van der Waals surface area (Å²) in [7, 11) is -1.16. The van der Waals surface area contributed by atoms with Gasteiger partial charge < -0.3 is 5.73 Å². The van der Waals surface area contributed by atoms with Gasteiger partial charge in [-0.1, -0.05) is 6.07 Å². The molecule has 0 radical (unpaired) electrons. The summed E-state index contributed by atoms with van der Waals surface area (Å²) in [4.78, 5) is 4.94. The van der Waals surface area contributed by atoms with Crippen molar-refractivity contribution in [3.8, 4) is 0 Å². The van der Waals surface area contributed by atoms with Gasteiger partial charge in [0.15, 0.2) is 0 Å². The first-order valence-electron chi connectivity index (χ1n) is 6.12. The molecule has 0 saturated heterocycles. The Morgan fingerprint density at radius 1 is 1.42 bits per heavy atom. The SMILES string of the molecule is Cc1c(N)cccc1S(=O)Cc1ncnn1C(C)C. The van der Waals surface area contributed by atoms with Crippen LogP contribution in [0.15, 0.2) is 29.4 Å². The van der Waals surface area contributed by atoms with Crippen molar-refractivity contribution in [1.29, 1.82) is 0 Å². The monoisotopic (exact) mass is 278 g/mol. The normalized spacial score (nSPS) is 12.8. The Bertz CT molecular complexity index is 606. The van der Waals surface area contributed by atoms with Crippen LogP contribution in [0.25, 0.3) is 0 Å². The van der Waals surface area contributed by atoms with Crippen LogP contribution in [0.2, 0.25) is 0 Å². The van der Waals surface area contributed by atoms with Crippen molar-refractivity contribution in [2.75, 3.05) is 5.73 Å². The number of hydrogen-bond acceptors (Lipinski definition) is 4. The van der Waals surface area contributed by atoms with Crippen LogP contribution in [0.3, 0.4) is 0 Å². The maximum absolute atomic E-state index is 12.4. The lowest BCUT2D eigenvalue weighted by molar-refractivity contribution is 0.513. The van der Waals surface area contributed by atoms with E-state index in [1.165, 1.54) is 6.33 Å². The summed E-state index contributed by atoms with van der Waals surface area (Å²) < 4.78 is 14.2. The summed E-state index contributed by atoms with van der Waals surface area (Å²) in [6, 6.07) is 5.68. The fourth-order valence-corrected chi connectivity index (χ4v) is 3.17. The second-order valence-electron chi connectivity index (χ2n) is 4.67. The molecule has 19 heavy (non-hydrogen) atoms. The van der Waals surface area contributed by atoms with E-state index in [-0.39, 0.29) is 6.04 Å². The average Bonchev–Trinajstić information content (AvgIpc) is 2.80. The molecule has 2 N–H and O–H groups in total. The van der Waals surface area contributed by atoms with Gasteiger partial charge in [0.25, 0.3) is 0 Å². The molecule has 2 aromatic rings. The van der Waals surface area contributed by atoms with Gasteiger partial charge in [0.05, 0.1) is 16.6 Å². The highest BCUT2D eigenvalue weighted by atomic mass is 32.2. The Morgan fingerprint density at radius 2 is 2.16 bits per heavy atom. The molecule has 0 fully saturated rings. The van der Waals surface area contributed by atoms with Gasteiger partial charge in [-0.15, -0.1) is 0 Å². The zero-order valence-corrected chi connectivity index (χ0v) is 12.1. The minimum atomic E-state index is -1.16. The summed E-state index contributed by atoms with van der Waals surface area (Å²) in [6.07, 6.45) is 1.50. The van der Waals surface area contributed by atoms with Gasteiger partial charge in [0, 0.05) is 16.6 Å². The van der Waals surface area contributed by atoms with Gasteiger partial charge in [-0.05, 0) is 38.5 Å². The van der Waals surface area contributed by atoms with Crippen molar-refractivity contribution in [2.24, 2.45) is 0 Å². The molecule has 1 heterocycles. The number of hydrogen-bond donors (Lipinski definition) is 1. The summed E-state index contributed by atoms with van der Waals surface area (Å²) >= 11 is 0. The van der Waals surface area contributed by atoms with E-state index >= 15 is 0 Å². The van der Waals surface area contributed by atoms with E-state index in [4.69, 9.17) is 5.73 Å². The van der Waals surface area contributed by atoms with E-state index in [0.29, 0.717) is 11.4 Å². The van der Waals surface area contributed by atoms with Crippen LogP contribution >= 0.6 is 0 Å². The number of benzene rings is 1. The van der Waals surface area contributed by atoms with Crippen LogP contribution in [-0.2, 0) is 16.6 Å². The zero-order valence-electron chi connectivity index (χ0n) is 11.3. The third-order valence-electron chi connectivity index (χ3n) is 2.97. The molecule has 1 aromatic heterocycles. The maximum atomic E-state index is 12.4. The van der Waals surface area contributed by atoms with Crippen LogP contribution in [0, 0.1) is 6.92 Å². The Morgan fingerprint density at radius 3 is 2.84 bits per heavy atom. The first-order chi connectivity index (χ1) is 9.00. The topological polar surface area (TPSA) is 73.8 Å². The zero-order chi connectivity index (χ0) is 14.0. The molecule has 5 nitrogen and oxygen atoms in total. The number of nitrogens with two attached hydrogens (primary N) is 1. The third kappa shape index (κ3) is 2.84. The fourth-order valence-electron chi connectivity index (χ4n) is 1.88. The van der Waals surface area contributed by atoms with E-state index in [1.54, 1.807) is 4.68 Å². The first-order valence-corrected chi connectivity index (χ1v) is 7.44. The Kier molecular flexibility index (Phi) is 3.99. The molecule has 1 aromatic carbocycles. The fraction of sp³-hybridized carbons (Fsp3) is 0.385. The summed E-state index contributed by atoms with van der Waals surface area (Å²) in [5, 5.41) is 4.15. The quantitative estimate of drug-likeness (QED) is 0.869. The molecule has 1 atom stereocenters. The number of anilines is 1. The lowest BCUT2D eigenvalue weighted by Gasteiger charge is -2.11. The number of nitrogen functional groups attached to an aromatic ring is 1. The second kappa shape index (κ2) is 5.52. The molecule has 1 unspecified atom stereocenters. The molecule has 0 aliphatic rings. The average molecular weight is 278 g/mol. The Labute approximate surface area is 115 Å². The van der Waals surface area contributed by atoms with Gasteiger partial charge in [-0.3, -0.25) is 4.21 Å². The van der Waals surface area contributed by atoms with Crippen molar-refractivity contribution in [1.82, 2.24) is 14.8 Å². The van der Waals surface area contributed by atoms with E-state index in [1.807, 2.05) is 39.0 Å². The molecule has 0 aliphatic carbocycles. The lowest BCUT2D eigenvalue weighted by Crippen LogP contribution is -2.11. The molecule has 6 heteroatoms. The molecule has 0 spiro atoms. The van der Waals surface area contributed by atoms with Gasteiger partial charge in [-0.2, -0.15) is 5.10 Å². The van der Waals surface area contributed by atoms with Crippen LogP contribution in [0.5, 0.6) is 0 Å². The smallest absolute Gasteiger partial charge is 0.140 e. The molecule has 0 saturated carbocycles. The number of rotatable bonds is 4. The largest absolute Gasteiger partial charge is 0.398 e. The van der Waals surface area contributed by atoms with Gasteiger partial charge in [0.1, 0.15) is 12.2 Å². The second-order valence-corrected chi connectivity index (χ2v) is 6.09. The molecule has 102 valence electrons. The predicted octanol–water partition coefficient (Wildman–Crippen LogP) is 2.06. The van der Waals surface area contributed by atoms with Gasteiger partial charge >= 0.3 is 0 Å². The van der Waals surface area contributed by atoms with Gasteiger partial charge in [-0.25, -0.2) is 9.67 Å². The molecule has 0 aliphatic heterocycles. The number of nitrogens with zero attached hydrogens (tertiary/aromatic N) is 3. The highest BCUT2D eigenvalue weighted by Gasteiger charge is 2.14. The van der Waals surface area contributed by atoms with E-state index in [2.05, 4.69) is 10.1 Å². The molecule has 0 amide bonds. The first kappa shape index (κ1) is 13.7. The van der Waals surface area contributed by atoms with Crippen molar-refractivity contribution in [2.45, 2.75) is 37.5 Å². The van der Waals surface area contributed by atoms with Gasteiger partial charge in [0.2, 0.25) is 0 Å². The van der Waals surface area contributed by atoms with E-state index in [0.717, 1.165) is 16.3 Å². The Hall–Kier alpha value is -1.69. The summed E-state index contributed by atoms with van der Waals surface area (Å²) in [5.74, 6) is 1.08. The predicted molar refractivity (Wildman–Crippen MR) is 76.1 cm³/mol. The van der Waals surface area contributed by atoms with Crippen molar-refractivity contribution in [3.05, 3.63) is 35.9 Å². The molecule has 2 rings (SSSR count). The van der Waals surface area contributed by atoms with Crippen molar-refractivity contribution >= 4 is 16.5 Å². The molecular weight excluding hydrogens is 260 g/mol. The highest BCUT2D eigenvalue weighted by molar-refractivity contribution is 7.84. The van der Waals surface area contributed by atoms with Crippen molar-refractivity contribution in [3.63, 3.8) is 0 Å². The standard InChI is InChI=1S/C13H18N4OS/c1-9(2)17-13(15-8-16-17)7-19(18)12-6-4-5-11(14)10(12)3/h4-6,8-9H,7,14H2,1-3H3. The van der Waals surface area contributed by atoms with E-state index in [9.17, 15) is 4.21 Å². The number of aromatic nitrogens is 3. The van der Waals surface area contributed by atoms with Crippen LogP contribution in [0.1, 0.15) is 31.3 Å². The van der Waals surface area contributed by atoms with E-state index < -0.39 is 10.8 Å². The minimum absolute atomic E-state index is 0.205. The third-order valence-corrected chi connectivity index (χ3v) is 4.42. The molecule has 0 bridgehead atoms. The highest BCUT2D eigenvalue weighted by Crippen LogP contribution is 2.21.